The number of aromatic nitrogens is 3. The molecule has 1 saturated heterocycles. The molecule has 0 bridgehead atoms. The molecule has 3 aromatic rings. The number of ether oxygens (including phenoxy) is 1. The third-order valence-corrected chi connectivity index (χ3v) is 5.45. The van der Waals surface area contributed by atoms with E-state index in [-0.39, 0.29) is 24.2 Å². The van der Waals surface area contributed by atoms with E-state index >= 15 is 0 Å². The summed E-state index contributed by atoms with van der Waals surface area (Å²) in [6, 6.07) is 7.82. The first-order valence-electron chi connectivity index (χ1n) is 9.36. The Morgan fingerprint density at radius 1 is 1.30 bits per heavy atom. The number of aryl methyl sites for hydroxylation is 1. The maximum absolute atomic E-state index is 13.0. The lowest BCUT2D eigenvalue weighted by atomic mass is 10.0. The van der Waals surface area contributed by atoms with Gasteiger partial charge >= 0.3 is 5.69 Å². The van der Waals surface area contributed by atoms with Gasteiger partial charge in [-0.05, 0) is 62.3 Å². The molecule has 27 heavy (non-hydrogen) atoms. The lowest BCUT2D eigenvalue weighted by molar-refractivity contribution is -0.135. The number of piperidine rings is 1. The summed E-state index contributed by atoms with van der Waals surface area (Å²) in [5.74, 6) is 0.623. The van der Waals surface area contributed by atoms with Crippen LogP contribution in [0.4, 0.5) is 0 Å². The Bertz CT molecular complexity index is 1080. The minimum absolute atomic E-state index is 0.0320. The van der Waals surface area contributed by atoms with Gasteiger partial charge in [0.15, 0.2) is 5.65 Å². The number of benzene rings is 1. The molecule has 3 heterocycles. The highest BCUT2D eigenvalue weighted by Gasteiger charge is 2.24. The van der Waals surface area contributed by atoms with Crippen molar-refractivity contribution in [3.63, 3.8) is 0 Å². The molecule has 1 aromatic carbocycles. The minimum atomic E-state index is -0.301. The average molecular weight is 368 g/mol. The fourth-order valence-electron chi connectivity index (χ4n) is 3.93. The molecule has 1 aliphatic rings. The van der Waals surface area contributed by atoms with E-state index in [9.17, 15) is 9.59 Å². The molecule has 4 rings (SSSR count). The van der Waals surface area contributed by atoms with Gasteiger partial charge in [0.1, 0.15) is 12.3 Å². The van der Waals surface area contributed by atoms with Crippen LogP contribution in [-0.2, 0) is 11.3 Å². The second-order valence-corrected chi connectivity index (χ2v) is 7.28. The van der Waals surface area contributed by atoms with Crippen LogP contribution < -0.4 is 10.4 Å². The Morgan fingerprint density at radius 3 is 2.85 bits per heavy atom. The van der Waals surface area contributed by atoms with Gasteiger partial charge in [-0.25, -0.2) is 13.9 Å². The molecular weight excluding hydrogens is 344 g/mol. The van der Waals surface area contributed by atoms with Crippen LogP contribution in [-0.4, -0.2) is 44.7 Å². The fraction of sp³-hybridized carbons (Fsp3) is 0.450. The minimum Gasteiger partial charge on any atom is -0.497 e. The number of carbonyl (C=O) groups excluding carboxylic acids is 1. The molecule has 0 aliphatic carbocycles. The van der Waals surface area contributed by atoms with Crippen molar-refractivity contribution in [1.29, 1.82) is 0 Å². The predicted molar refractivity (Wildman–Crippen MR) is 103 cm³/mol. The predicted octanol–water partition coefficient (Wildman–Crippen LogP) is 2.37. The largest absolute Gasteiger partial charge is 0.497 e. The van der Waals surface area contributed by atoms with Gasteiger partial charge < -0.3 is 9.64 Å². The number of pyridine rings is 1. The summed E-state index contributed by atoms with van der Waals surface area (Å²) in [5.41, 5.74) is 1.89. The van der Waals surface area contributed by atoms with Gasteiger partial charge in [-0.1, -0.05) is 0 Å². The van der Waals surface area contributed by atoms with Crippen LogP contribution in [0.3, 0.4) is 0 Å². The van der Waals surface area contributed by atoms with E-state index < -0.39 is 0 Å². The van der Waals surface area contributed by atoms with Crippen molar-refractivity contribution >= 4 is 22.5 Å². The van der Waals surface area contributed by atoms with E-state index in [1.807, 2.05) is 36.1 Å². The van der Waals surface area contributed by atoms with Gasteiger partial charge in [0, 0.05) is 18.7 Å². The highest BCUT2D eigenvalue weighted by molar-refractivity contribution is 5.84. The van der Waals surface area contributed by atoms with Crippen molar-refractivity contribution in [3.8, 4) is 5.75 Å². The van der Waals surface area contributed by atoms with E-state index in [1.54, 1.807) is 11.5 Å². The van der Waals surface area contributed by atoms with Gasteiger partial charge in [0.05, 0.1) is 12.6 Å². The van der Waals surface area contributed by atoms with Gasteiger partial charge in [-0.2, -0.15) is 0 Å². The first-order valence-corrected chi connectivity index (χ1v) is 9.36. The van der Waals surface area contributed by atoms with Crippen LogP contribution in [0.15, 0.2) is 29.1 Å². The lowest BCUT2D eigenvalue weighted by Gasteiger charge is -2.33. The molecular formula is C20H24N4O3. The smallest absolute Gasteiger partial charge is 0.351 e. The number of hydrogen-bond acceptors (Lipinski definition) is 4. The summed E-state index contributed by atoms with van der Waals surface area (Å²) in [6.45, 7) is 4.70. The normalized spacial score (nSPS) is 17.6. The first kappa shape index (κ1) is 17.6. The fourth-order valence-corrected chi connectivity index (χ4v) is 3.93. The molecule has 1 amide bonds. The van der Waals surface area contributed by atoms with E-state index in [0.29, 0.717) is 11.4 Å². The number of amides is 1. The Hall–Kier alpha value is -2.83. The summed E-state index contributed by atoms with van der Waals surface area (Å²) in [5, 5.41) is 5.39. The molecule has 0 spiro atoms. The van der Waals surface area contributed by atoms with Crippen LogP contribution in [0.2, 0.25) is 0 Å². The summed E-state index contributed by atoms with van der Waals surface area (Å²) in [4.78, 5) is 27.7. The third-order valence-electron chi connectivity index (χ3n) is 5.45. The Labute approximate surface area is 157 Å². The molecule has 1 aliphatic heterocycles. The van der Waals surface area contributed by atoms with Crippen LogP contribution >= 0.6 is 0 Å². The molecule has 0 radical (unpaired) electrons. The Morgan fingerprint density at radius 2 is 2.11 bits per heavy atom. The molecule has 7 nitrogen and oxygen atoms in total. The number of fused-ring (bicyclic) bond motifs is 3. The zero-order valence-corrected chi connectivity index (χ0v) is 15.9. The molecule has 7 heteroatoms. The monoisotopic (exact) mass is 368 g/mol. The molecule has 0 saturated carbocycles. The number of methoxy groups -OCH3 is 1. The van der Waals surface area contributed by atoms with Crippen LogP contribution in [0, 0.1) is 6.92 Å². The van der Waals surface area contributed by atoms with Crippen molar-refractivity contribution in [3.05, 3.63) is 40.3 Å². The number of likely N-dealkylation sites (tertiary alicyclic amines) is 1. The van der Waals surface area contributed by atoms with Crippen LogP contribution in [0.5, 0.6) is 5.75 Å². The standard InChI is InChI=1S/C20H24N4O3/c1-13-10-15-7-8-16(27-3)11-17(15)24-19(13)21-23(20(24)26)12-18(25)22-9-5-4-6-14(22)2/h7-8,10-11,14H,4-6,9,12H2,1-3H3/t14-/m0/s1. The molecule has 2 aromatic heterocycles. The van der Waals surface area contributed by atoms with Crippen molar-refractivity contribution in [2.75, 3.05) is 13.7 Å². The molecule has 0 N–H and O–H groups in total. The van der Waals surface area contributed by atoms with E-state index in [1.165, 1.54) is 4.68 Å². The topological polar surface area (TPSA) is 68.8 Å². The Kier molecular flexibility index (Phi) is 4.37. The maximum atomic E-state index is 13.0. The average Bonchev–Trinajstić information content (AvgIpc) is 2.99. The number of nitrogens with zero attached hydrogens (tertiary/aromatic N) is 4. The summed E-state index contributed by atoms with van der Waals surface area (Å²) >= 11 is 0. The van der Waals surface area contributed by atoms with Crippen molar-refractivity contribution in [2.24, 2.45) is 0 Å². The highest BCUT2D eigenvalue weighted by atomic mass is 16.5. The zero-order valence-electron chi connectivity index (χ0n) is 15.9. The second kappa shape index (κ2) is 6.72. The van der Waals surface area contributed by atoms with E-state index in [4.69, 9.17) is 4.74 Å². The number of hydrogen-bond donors (Lipinski definition) is 0. The zero-order chi connectivity index (χ0) is 19.1. The first-order chi connectivity index (χ1) is 13.0. The highest BCUT2D eigenvalue weighted by Crippen LogP contribution is 2.23. The van der Waals surface area contributed by atoms with Crippen molar-refractivity contribution in [1.82, 2.24) is 19.1 Å². The summed E-state index contributed by atoms with van der Waals surface area (Å²) in [7, 11) is 1.59. The number of rotatable bonds is 3. The van der Waals surface area contributed by atoms with Crippen LogP contribution in [0.25, 0.3) is 16.6 Å². The summed E-state index contributed by atoms with van der Waals surface area (Å²) in [6.07, 6.45) is 3.17. The van der Waals surface area contributed by atoms with E-state index in [0.717, 1.165) is 42.3 Å². The van der Waals surface area contributed by atoms with Crippen LogP contribution in [0.1, 0.15) is 31.7 Å². The van der Waals surface area contributed by atoms with Gasteiger partial charge in [-0.3, -0.25) is 4.79 Å². The molecule has 142 valence electrons. The molecule has 0 unspecified atom stereocenters. The Balaban J connectivity index is 1.79. The summed E-state index contributed by atoms with van der Waals surface area (Å²) < 4.78 is 8.15. The quantitative estimate of drug-likeness (QED) is 0.712. The molecule has 1 atom stereocenters. The molecule has 1 fully saturated rings. The SMILES string of the molecule is COc1ccc2cc(C)c3nn(CC(=O)N4CCCC[C@@H]4C)c(=O)n3c2c1. The number of carbonyl (C=O) groups is 1. The third kappa shape index (κ3) is 2.97. The lowest BCUT2D eigenvalue weighted by Crippen LogP contribution is -2.44. The van der Waals surface area contributed by atoms with E-state index in [2.05, 4.69) is 12.0 Å². The second-order valence-electron chi connectivity index (χ2n) is 7.28. The maximum Gasteiger partial charge on any atom is 0.351 e. The van der Waals surface area contributed by atoms with Gasteiger partial charge in [0.25, 0.3) is 0 Å². The van der Waals surface area contributed by atoms with Crippen molar-refractivity contribution < 1.29 is 9.53 Å². The van der Waals surface area contributed by atoms with Gasteiger partial charge in [-0.15, -0.1) is 5.10 Å². The van der Waals surface area contributed by atoms with Gasteiger partial charge in [0.2, 0.25) is 5.91 Å². The van der Waals surface area contributed by atoms with Crippen molar-refractivity contribution in [2.45, 2.75) is 45.7 Å².